The molecule has 0 bridgehead atoms. The normalized spacial score (nSPS) is 11.4. The Balaban J connectivity index is 2.25. The molecule has 0 saturated heterocycles. The standard InChI is InChI=1S/C14H15N3O4S/c1-20-12-6-7-13(21-2)14(9-12)22(18,19)17-16-10-11-5-3-4-8-15-11/h3-10,17H,1-2H3/b16-10+. The van der Waals surface area contributed by atoms with Crippen LogP contribution in [0.1, 0.15) is 5.69 Å². The fraction of sp³-hybridized carbons (Fsp3) is 0.143. The summed E-state index contributed by atoms with van der Waals surface area (Å²) in [6, 6.07) is 9.70. The maximum absolute atomic E-state index is 12.3. The number of rotatable bonds is 6. The minimum Gasteiger partial charge on any atom is -0.497 e. The van der Waals surface area contributed by atoms with Crippen LogP contribution in [-0.4, -0.2) is 33.8 Å². The summed E-state index contributed by atoms with van der Waals surface area (Å²) < 4.78 is 34.7. The molecule has 1 heterocycles. The monoisotopic (exact) mass is 321 g/mol. The molecule has 2 aromatic rings. The van der Waals surface area contributed by atoms with Gasteiger partial charge in [0.1, 0.15) is 16.4 Å². The predicted octanol–water partition coefficient (Wildman–Crippen LogP) is 1.41. The zero-order valence-electron chi connectivity index (χ0n) is 12.1. The van der Waals surface area contributed by atoms with Crippen LogP contribution in [-0.2, 0) is 10.0 Å². The molecule has 0 aliphatic carbocycles. The first kappa shape index (κ1) is 15.8. The predicted molar refractivity (Wildman–Crippen MR) is 81.7 cm³/mol. The molecule has 7 nitrogen and oxygen atoms in total. The number of hydrogen-bond donors (Lipinski definition) is 1. The van der Waals surface area contributed by atoms with Crippen molar-refractivity contribution in [3.63, 3.8) is 0 Å². The highest BCUT2D eigenvalue weighted by Gasteiger charge is 2.19. The molecule has 0 atom stereocenters. The van der Waals surface area contributed by atoms with Gasteiger partial charge >= 0.3 is 0 Å². The molecule has 2 rings (SSSR count). The minimum atomic E-state index is -3.89. The van der Waals surface area contributed by atoms with E-state index < -0.39 is 10.0 Å². The Hall–Kier alpha value is -2.61. The number of methoxy groups -OCH3 is 2. The molecule has 0 aliphatic rings. The summed E-state index contributed by atoms with van der Waals surface area (Å²) in [6.45, 7) is 0. The van der Waals surface area contributed by atoms with Crippen molar-refractivity contribution in [2.75, 3.05) is 14.2 Å². The molecule has 0 spiro atoms. The number of hydrogen-bond acceptors (Lipinski definition) is 6. The van der Waals surface area contributed by atoms with Crippen molar-refractivity contribution >= 4 is 16.2 Å². The number of sulfonamides is 1. The van der Waals surface area contributed by atoms with E-state index in [-0.39, 0.29) is 10.6 Å². The lowest BCUT2D eigenvalue weighted by Crippen LogP contribution is -2.19. The van der Waals surface area contributed by atoms with Gasteiger partial charge in [0.2, 0.25) is 0 Å². The third-order valence-corrected chi connectivity index (χ3v) is 3.96. The minimum absolute atomic E-state index is 0.0625. The first-order valence-corrected chi connectivity index (χ1v) is 7.73. The number of pyridine rings is 1. The summed E-state index contributed by atoms with van der Waals surface area (Å²) >= 11 is 0. The number of nitrogens with zero attached hydrogens (tertiary/aromatic N) is 2. The molecule has 22 heavy (non-hydrogen) atoms. The fourth-order valence-corrected chi connectivity index (χ4v) is 2.63. The second kappa shape index (κ2) is 6.90. The van der Waals surface area contributed by atoms with Crippen LogP contribution in [0, 0.1) is 0 Å². The lowest BCUT2D eigenvalue weighted by Gasteiger charge is -2.10. The number of nitrogens with one attached hydrogen (secondary N) is 1. The van der Waals surface area contributed by atoms with Crippen molar-refractivity contribution in [3.05, 3.63) is 48.3 Å². The molecular weight excluding hydrogens is 306 g/mol. The lowest BCUT2D eigenvalue weighted by molar-refractivity contribution is 0.392. The highest BCUT2D eigenvalue weighted by Crippen LogP contribution is 2.27. The van der Waals surface area contributed by atoms with E-state index in [0.29, 0.717) is 11.4 Å². The van der Waals surface area contributed by atoms with Gasteiger partial charge in [-0.05, 0) is 24.3 Å². The average molecular weight is 321 g/mol. The van der Waals surface area contributed by atoms with Gasteiger partial charge in [-0.15, -0.1) is 0 Å². The van der Waals surface area contributed by atoms with Crippen LogP contribution in [0.2, 0.25) is 0 Å². The van der Waals surface area contributed by atoms with E-state index in [2.05, 4.69) is 14.9 Å². The molecule has 0 unspecified atom stereocenters. The van der Waals surface area contributed by atoms with E-state index in [1.165, 1.54) is 32.6 Å². The fourth-order valence-electron chi connectivity index (χ4n) is 1.66. The van der Waals surface area contributed by atoms with Gasteiger partial charge in [-0.1, -0.05) is 6.07 Å². The van der Waals surface area contributed by atoms with Crippen molar-refractivity contribution in [1.29, 1.82) is 0 Å². The number of aromatic nitrogens is 1. The van der Waals surface area contributed by atoms with Gasteiger partial charge in [-0.25, -0.2) is 0 Å². The molecule has 0 amide bonds. The van der Waals surface area contributed by atoms with E-state index >= 15 is 0 Å². The van der Waals surface area contributed by atoms with Crippen molar-refractivity contribution in [2.45, 2.75) is 4.90 Å². The van der Waals surface area contributed by atoms with Crippen LogP contribution in [0.5, 0.6) is 11.5 Å². The molecular formula is C14H15N3O4S. The van der Waals surface area contributed by atoms with Gasteiger partial charge in [0.15, 0.2) is 0 Å². The molecule has 0 aliphatic heterocycles. The average Bonchev–Trinajstić information content (AvgIpc) is 2.55. The number of ether oxygens (including phenoxy) is 2. The Kier molecular flexibility index (Phi) is 4.95. The quantitative estimate of drug-likeness (QED) is 0.642. The highest BCUT2D eigenvalue weighted by atomic mass is 32.2. The summed E-state index contributed by atoms with van der Waals surface area (Å²) in [5.41, 5.74) is 0.530. The van der Waals surface area contributed by atoms with Crippen LogP contribution >= 0.6 is 0 Å². The maximum atomic E-state index is 12.3. The first-order valence-electron chi connectivity index (χ1n) is 6.25. The third-order valence-electron chi connectivity index (χ3n) is 2.72. The summed E-state index contributed by atoms with van der Waals surface area (Å²) in [5, 5.41) is 3.70. The van der Waals surface area contributed by atoms with E-state index in [1.54, 1.807) is 30.5 Å². The zero-order chi connectivity index (χ0) is 16.0. The van der Waals surface area contributed by atoms with E-state index in [9.17, 15) is 8.42 Å². The molecule has 0 radical (unpaired) electrons. The number of benzene rings is 1. The van der Waals surface area contributed by atoms with Crippen molar-refractivity contribution in [3.8, 4) is 11.5 Å². The molecule has 1 aromatic heterocycles. The number of hydrazone groups is 1. The van der Waals surface area contributed by atoms with Crippen LogP contribution < -0.4 is 14.3 Å². The van der Waals surface area contributed by atoms with E-state index in [4.69, 9.17) is 9.47 Å². The van der Waals surface area contributed by atoms with Crippen LogP contribution in [0.15, 0.2) is 52.6 Å². The smallest absolute Gasteiger partial charge is 0.280 e. The largest absolute Gasteiger partial charge is 0.497 e. The molecule has 116 valence electrons. The van der Waals surface area contributed by atoms with E-state index in [1.807, 2.05) is 0 Å². The maximum Gasteiger partial charge on any atom is 0.280 e. The Morgan fingerprint density at radius 2 is 2.00 bits per heavy atom. The summed E-state index contributed by atoms with van der Waals surface area (Å²) in [5.74, 6) is 0.594. The first-order chi connectivity index (χ1) is 10.6. The van der Waals surface area contributed by atoms with Gasteiger partial charge in [-0.2, -0.15) is 18.4 Å². The molecule has 1 N–H and O–H groups in total. The van der Waals surface area contributed by atoms with Gasteiger partial charge in [0, 0.05) is 12.3 Å². The molecule has 0 fully saturated rings. The van der Waals surface area contributed by atoms with Gasteiger partial charge in [0.25, 0.3) is 10.0 Å². The third kappa shape index (κ3) is 3.73. The summed E-state index contributed by atoms with van der Waals surface area (Å²) in [6.07, 6.45) is 2.89. The SMILES string of the molecule is COc1ccc(OC)c(S(=O)(=O)N/N=C/c2ccccn2)c1. The van der Waals surface area contributed by atoms with Crippen molar-refractivity contribution in [1.82, 2.24) is 9.82 Å². The molecule has 1 aromatic carbocycles. The Morgan fingerprint density at radius 1 is 1.18 bits per heavy atom. The molecule has 0 saturated carbocycles. The Labute approximate surface area is 128 Å². The van der Waals surface area contributed by atoms with Crippen LogP contribution in [0.4, 0.5) is 0 Å². The topological polar surface area (TPSA) is 89.9 Å². The van der Waals surface area contributed by atoms with Crippen LogP contribution in [0.3, 0.4) is 0 Å². The van der Waals surface area contributed by atoms with Gasteiger partial charge in [-0.3, -0.25) is 4.98 Å². The van der Waals surface area contributed by atoms with Gasteiger partial charge in [0.05, 0.1) is 26.1 Å². The van der Waals surface area contributed by atoms with Gasteiger partial charge < -0.3 is 9.47 Å². The second-order valence-electron chi connectivity index (χ2n) is 4.12. The van der Waals surface area contributed by atoms with Crippen LogP contribution in [0.25, 0.3) is 0 Å². The van der Waals surface area contributed by atoms with E-state index in [0.717, 1.165) is 0 Å². The Morgan fingerprint density at radius 3 is 2.64 bits per heavy atom. The highest BCUT2D eigenvalue weighted by molar-refractivity contribution is 7.89. The van der Waals surface area contributed by atoms with Crippen molar-refractivity contribution in [2.24, 2.45) is 5.10 Å². The summed E-state index contributed by atoms with van der Waals surface area (Å²) in [4.78, 5) is 6.06. The van der Waals surface area contributed by atoms with Crippen molar-refractivity contribution < 1.29 is 17.9 Å². The summed E-state index contributed by atoms with van der Waals surface area (Å²) in [7, 11) is -1.05. The Bertz CT molecular complexity index is 761. The second-order valence-corrected chi connectivity index (χ2v) is 5.75. The lowest BCUT2D eigenvalue weighted by atomic mass is 10.3. The zero-order valence-corrected chi connectivity index (χ0v) is 12.9. The molecule has 8 heteroatoms.